The molecule has 1 heterocycles. The predicted molar refractivity (Wildman–Crippen MR) is 109 cm³/mol. The molecule has 0 atom stereocenters. The fourth-order valence-electron chi connectivity index (χ4n) is 3.52. The summed E-state index contributed by atoms with van der Waals surface area (Å²) in [6.07, 6.45) is 1.56. The minimum absolute atomic E-state index is 0.209. The Labute approximate surface area is 166 Å². The van der Waals surface area contributed by atoms with E-state index in [2.05, 4.69) is 47.7 Å². The zero-order chi connectivity index (χ0) is 19.9. The third-order valence-corrected chi connectivity index (χ3v) is 4.65. The monoisotopic (exact) mass is 385 g/mol. The number of hydrogen-bond donors (Lipinski definition) is 2. The zero-order valence-corrected chi connectivity index (χ0v) is 16.8. The van der Waals surface area contributed by atoms with E-state index in [0.717, 1.165) is 35.8 Å². The SMILES string of the molecule is CN=C(NCCc1cc(C)cc(C)c1)NCCc1cc(F)cc2c1OCOC2. The van der Waals surface area contributed by atoms with Gasteiger partial charge in [-0.1, -0.05) is 29.3 Å². The van der Waals surface area contributed by atoms with Crippen molar-refractivity contribution in [3.63, 3.8) is 0 Å². The van der Waals surface area contributed by atoms with Crippen LogP contribution in [0.15, 0.2) is 35.3 Å². The van der Waals surface area contributed by atoms with Crippen LogP contribution < -0.4 is 15.4 Å². The van der Waals surface area contributed by atoms with Crippen LogP contribution >= 0.6 is 0 Å². The molecule has 0 saturated carbocycles. The number of guanidine groups is 1. The van der Waals surface area contributed by atoms with Gasteiger partial charge >= 0.3 is 0 Å². The minimum Gasteiger partial charge on any atom is -0.467 e. The van der Waals surface area contributed by atoms with Crippen LogP contribution in [0.1, 0.15) is 27.8 Å². The van der Waals surface area contributed by atoms with Crippen molar-refractivity contribution >= 4 is 5.96 Å². The van der Waals surface area contributed by atoms with Gasteiger partial charge in [-0.2, -0.15) is 0 Å². The van der Waals surface area contributed by atoms with Gasteiger partial charge in [0.05, 0.1) is 6.61 Å². The standard InChI is InChI=1S/C22H28FN3O2/c1-15-8-16(2)10-17(9-15)4-6-25-22(24-3)26-7-5-18-11-20(23)12-19-13-27-14-28-21(18)19/h8-12H,4-7,13-14H2,1-3H3,(H2,24,25,26). The lowest BCUT2D eigenvalue weighted by Crippen LogP contribution is -2.39. The molecule has 3 rings (SSSR count). The molecule has 2 aromatic carbocycles. The molecular weight excluding hydrogens is 357 g/mol. The second-order valence-electron chi connectivity index (χ2n) is 7.09. The summed E-state index contributed by atoms with van der Waals surface area (Å²) in [5, 5.41) is 6.61. The Morgan fingerprint density at radius 1 is 1.04 bits per heavy atom. The first-order valence-electron chi connectivity index (χ1n) is 9.58. The predicted octanol–water partition coefficient (Wildman–Crippen LogP) is 3.26. The molecule has 1 aliphatic rings. The van der Waals surface area contributed by atoms with Crippen LogP contribution in [0.2, 0.25) is 0 Å². The smallest absolute Gasteiger partial charge is 0.190 e. The van der Waals surface area contributed by atoms with Crippen LogP contribution in [0.25, 0.3) is 0 Å². The summed E-state index contributed by atoms with van der Waals surface area (Å²) in [4.78, 5) is 4.26. The molecule has 0 unspecified atom stereocenters. The van der Waals surface area contributed by atoms with Crippen molar-refractivity contribution in [2.75, 3.05) is 26.9 Å². The second-order valence-corrected chi connectivity index (χ2v) is 7.09. The summed E-state index contributed by atoms with van der Waals surface area (Å²) < 4.78 is 24.6. The van der Waals surface area contributed by atoms with E-state index < -0.39 is 0 Å². The largest absolute Gasteiger partial charge is 0.467 e. The number of aliphatic imine (C=N–C) groups is 1. The molecule has 1 aliphatic heterocycles. The lowest BCUT2D eigenvalue weighted by atomic mass is 10.1. The van der Waals surface area contributed by atoms with E-state index >= 15 is 0 Å². The van der Waals surface area contributed by atoms with E-state index in [-0.39, 0.29) is 12.6 Å². The highest BCUT2D eigenvalue weighted by atomic mass is 19.1. The molecule has 0 saturated heterocycles. The summed E-state index contributed by atoms with van der Waals surface area (Å²) in [5.41, 5.74) is 5.48. The number of nitrogens with one attached hydrogen (secondary N) is 2. The van der Waals surface area contributed by atoms with Crippen LogP contribution in [0, 0.1) is 19.7 Å². The molecule has 0 bridgehead atoms. The summed E-state index contributed by atoms with van der Waals surface area (Å²) in [6, 6.07) is 9.60. The molecule has 0 radical (unpaired) electrons. The highest BCUT2D eigenvalue weighted by Gasteiger charge is 2.16. The fraction of sp³-hybridized carbons (Fsp3) is 0.409. The molecule has 2 N–H and O–H groups in total. The molecule has 6 heteroatoms. The zero-order valence-electron chi connectivity index (χ0n) is 16.8. The quantitative estimate of drug-likeness (QED) is 0.592. The number of ether oxygens (including phenoxy) is 2. The van der Waals surface area contributed by atoms with E-state index in [0.29, 0.717) is 19.6 Å². The molecule has 0 aliphatic carbocycles. The van der Waals surface area contributed by atoms with Crippen molar-refractivity contribution in [2.45, 2.75) is 33.3 Å². The average molecular weight is 385 g/mol. The van der Waals surface area contributed by atoms with Crippen molar-refractivity contribution in [3.05, 3.63) is 64.0 Å². The molecule has 5 nitrogen and oxygen atoms in total. The number of fused-ring (bicyclic) bond motifs is 1. The number of hydrogen-bond acceptors (Lipinski definition) is 3. The van der Waals surface area contributed by atoms with Crippen LogP contribution in [0.3, 0.4) is 0 Å². The molecular formula is C22H28FN3O2. The van der Waals surface area contributed by atoms with Crippen molar-refractivity contribution < 1.29 is 13.9 Å². The highest BCUT2D eigenvalue weighted by Crippen LogP contribution is 2.29. The highest BCUT2D eigenvalue weighted by molar-refractivity contribution is 5.79. The minimum atomic E-state index is -0.265. The van der Waals surface area contributed by atoms with Gasteiger partial charge in [0.25, 0.3) is 0 Å². The van der Waals surface area contributed by atoms with Gasteiger partial charge in [-0.05, 0) is 49.9 Å². The lowest BCUT2D eigenvalue weighted by molar-refractivity contribution is -0.0172. The molecule has 28 heavy (non-hydrogen) atoms. The summed E-state index contributed by atoms with van der Waals surface area (Å²) in [5.74, 6) is 1.21. The number of nitrogens with zero attached hydrogens (tertiary/aromatic N) is 1. The maximum Gasteiger partial charge on any atom is 0.190 e. The fourth-order valence-corrected chi connectivity index (χ4v) is 3.52. The third kappa shape index (κ3) is 5.45. The molecule has 0 spiro atoms. The molecule has 0 fully saturated rings. The first-order chi connectivity index (χ1) is 13.5. The molecule has 150 valence electrons. The van der Waals surface area contributed by atoms with Crippen molar-refractivity contribution in [1.29, 1.82) is 0 Å². The number of aryl methyl sites for hydroxylation is 2. The van der Waals surface area contributed by atoms with Gasteiger partial charge in [0.15, 0.2) is 12.8 Å². The van der Waals surface area contributed by atoms with E-state index in [1.807, 2.05) is 0 Å². The van der Waals surface area contributed by atoms with Crippen LogP contribution in [-0.4, -0.2) is 32.9 Å². The maximum absolute atomic E-state index is 13.8. The van der Waals surface area contributed by atoms with E-state index in [1.54, 1.807) is 7.05 Å². The van der Waals surface area contributed by atoms with Crippen LogP contribution in [0.5, 0.6) is 5.75 Å². The average Bonchev–Trinajstić information content (AvgIpc) is 2.65. The first-order valence-corrected chi connectivity index (χ1v) is 9.58. The normalized spacial score (nSPS) is 13.6. The van der Waals surface area contributed by atoms with Gasteiger partial charge in [0, 0.05) is 25.7 Å². The van der Waals surface area contributed by atoms with Gasteiger partial charge in [-0.25, -0.2) is 4.39 Å². The Kier molecular flexibility index (Phi) is 6.87. The van der Waals surface area contributed by atoms with Crippen LogP contribution in [-0.2, 0) is 24.2 Å². The summed E-state index contributed by atoms with van der Waals surface area (Å²) in [7, 11) is 1.75. The van der Waals surface area contributed by atoms with Crippen molar-refractivity contribution in [3.8, 4) is 5.75 Å². The second kappa shape index (κ2) is 9.55. The third-order valence-electron chi connectivity index (χ3n) is 4.65. The summed E-state index contributed by atoms with van der Waals surface area (Å²) >= 11 is 0. The van der Waals surface area contributed by atoms with Crippen molar-refractivity contribution in [2.24, 2.45) is 4.99 Å². The van der Waals surface area contributed by atoms with Gasteiger partial charge < -0.3 is 20.1 Å². The topological polar surface area (TPSA) is 54.9 Å². The van der Waals surface area contributed by atoms with E-state index in [4.69, 9.17) is 9.47 Å². The molecule has 0 aromatic heterocycles. The van der Waals surface area contributed by atoms with Gasteiger partial charge in [0.1, 0.15) is 11.6 Å². The molecule has 2 aromatic rings. The number of benzene rings is 2. The Morgan fingerprint density at radius 2 is 1.75 bits per heavy atom. The Bertz CT molecular complexity index is 832. The van der Waals surface area contributed by atoms with E-state index in [9.17, 15) is 4.39 Å². The summed E-state index contributed by atoms with van der Waals surface area (Å²) in [6.45, 7) is 6.24. The first kappa shape index (κ1) is 20.1. The Hall–Kier alpha value is -2.60. The lowest BCUT2D eigenvalue weighted by Gasteiger charge is -2.21. The van der Waals surface area contributed by atoms with Gasteiger partial charge in [-0.3, -0.25) is 4.99 Å². The molecule has 0 amide bonds. The maximum atomic E-state index is 13.8. The van der Waals surface area contributed by atoms with Crippen molar-refractivity contribution in [1.82, 2.24) is 10.6 Å². The van der Waals surface area contributed by atoms with Crippen LogP contribution in [0.4, 0.5) is 4.39 Å². The number of rotatable bonds is 6. The van der Waals surface area contributed by atoms with Gasteiger partial charge in [-0.15, -0.1) is 0 Å². The Morgan fingerprint density at radius 3 is 2.46 bits per heavy atom. The number of halogens is 1. The Balaban J connectivity index is 1.49. The van der Waals surface area contributed by atoms with E-state index in [1.165, 1.54) is 28.8 Å². The van der Waals surface area contributed by atoms with Gasteiger partial charge in [0.2, 0.25) is 0 Å².